The standard InChI is InChI=1S/C8H15NO2/c9-3-5-6(4-10)8-2-1-7(5)11-8/h5-8,10H,1-4,9H2/t5-,6-,7+,8-/m0/s1. The van der Waals surface area contributed by atoms with Gasteiger partial charge in [-0.05, 0) is 19.4 Å². The Morgan fingerprint density at radius 1 is 1.27 bits per heavy atom. The molecule has 2 saturated heterocycles. The minimum atomic E-state index is 0.239. The molecule has 2 rings (SSSR count). The zero-order valence-electron chi connectivity index (χ0n) is 6.57. The number of aliphatic hydroxyl groups is 1. The number of aliphatic hydroxyl groups excluding tert-OH is 1. The monoisotopic (exact) mass is 157 g/mol. The van der Waals surface area contributed by atoms with Crippen molar-refractivity contribution in [1.29, 1.82) is 0 Å². The van der Waals surface area contributed by atoms with Crippen LogP contribution in [0.2, 0.25) is 0 Å². The zero-order valence-corrected chi connectivity index (χ0v) is 6.57. The van der Waals surface area contributed by atoms with Crippen molar-refractivity contribution in [2.75, 3.05) is 13.2 Å². The second kappa shape index (κ2) is 2.73. The average molecular weight is 157 g/mol. The van der Waals surface area contributed by atoms with E-state index >= 15 is 0 Å². The topological polar surface area (TPSA) is 55.5 Å². The Kier molecular flexibility index (Phi) is 1.87. The molecule has 3 N–H and O–H groups in total. The molecule has 0 saturated carbocycles. The van der Waals surface area contributed by atoms with E-state index in [2.05, 4.69) is 0 Å². The van der Waals surface area contributed by atoms with Gasteiger partial charge in [-0.1, -0.05) is 0 Å². The summed E-state index contributed by atoms with van der Waals surface area (Å²) < 4.78 is 5.64. The first-order chi connectivity index (χ1) is 5.36. The molecule has 0 aromatic heterocycles. The highest BCUT2D eigenvalue weighted by molar-refractivity contribution is 4.96. The maximum Gasteiger partial charge on any atom is 0.0634 e. The summed E-state index contributed by atoms with van der Waals surface area (Å²) in [4.78, 5) is 0. The molecule has 64 valence electrons. The Bertz CT molecular complexity index is 135. The van der Waals surface area contributed by atoms with Crippen molar-refractivity contribution >= 4 is 0 Å². The van der Waals surface area contributed by atoms with Crippen molar-refractivity contribution in [3.05, 3.63) is 0 Å². The van der Waals surface area contributed by atoms with Crippen LogP contribution < -0.4 is 5.73 Å². The molecule has 2 fully saturated rings. The number of rotatable bonds is 2. The van der Waals surface area contributed by atoms with Crippen molar-refractivity contribution < 1.29 is 9.84 Å². The quantitative estimate of drug-likeness (QED) is 0.580. The van der Waals surface area contributed by atoms with Crippen molar-refractivity contribution in [1.82, 2.24) is 0 Å². The van der Waals surface area contributed by atoms with E-state index in [1.165, 1.54) is 0 Å². The number of fused-ring (bicyclic) bond motifs is 2. The lowest BCUT2D eigenvalue weighted by Gasteiger charge is -2.24. The first kappa shape index (κ1) is 7.53. The van der Waals surface area contributed by atoms with Crippen molar-refractivity contribution in [2.24, 2.45) is 17.6 Å². The first-order valence-corrected chi connectivity index (χ1v) is 4.33. The number of hydrogen-bond donors (Lipinski definition) is 2. The number of nitrogens with two attached hydrogens (primary N) is 1. The van der Waals surface area contributed by atoms with Crippen molar-refractivity contribution in [2.45, 2.75) is 25.0 Å². The van der Waals surface area contributed by atoms with Crippen LogP contribution in [0.1, 0.15) is 12.8 Å². The number of ether oxygens (including phenoxy) is 1. The van der Waals surface area contributed by atoms with Crippen LogP contribution in [0.3, 0.4) is 0 Å². The van der Waals surface area contributed by atoms with E-state index in [0.717, 1.165) is 12.8 Å². The largest absolute Gasteiger partial charge is 0.396 e. The smallest absolute Gasteiger partial charge is 0.0634 e. The summed E-state index contributed by atoms with van der Waals surface area (Å²) in [6.07, 6.45) is 2.91. The summed E-state index contributed by atoms with van der Waals surface area (Å²) in [7, 11) is 0. The Morgan fingerprint density at radius 3 is 2.36 bits per heavy atom. The first-order valence-electron chi connectivity index (χ1n) is 4.33. The van der Waals surface area contributed by atoms with E-state index in [9.17, 15) is 0 Å². The highest BCUT2D eigenvalue weighted by Gasteiger charge is 2.47. The van der Waals surface area contributed by atoms with Crippen LogP contribution in [0, 0.1) is 11.8 Å². The van der Waals surface area contributed by atoms with Crippen molar-refractivity contribution in [3.8, 4) is 0 Å². The lowest BCUT2D eigenvalue weighted by Crippen LogP contribution is -2.34. The second-order valence-corrected chi connectivity index (χ2v) is 3.54. The molecule has 0 amide bonds. The second-order valence-electron chi connectivity index (χ2n) is 3.54. The Hall–Kier alpha value is -0.120. The maximum absolute atomic E-state index is 9.05. The van der Waals surface area contributed by atoms with Gasteiger partial charge < -0.3 is 15.6 Å². The fourth-order valence-electron chi connectivity index (χ4n) is 2.45. The molecule has 2 aliphatic heterocycles. The summed E-state index contributed by atoms with van der Waals surface area (Å²) in [6, 6.07) is 0. The molecule has 3 nitrogen and oxygen atoms in total. The van der Waals surface area contributed by atoms with Gasteiger partial charge in [0.2, 0.25) is 0 Å². The molecule has 0 spiro atoms. The van der Waals surface area contributed by atoms with E-state index in [-0.39, 0.29) is 6.61 Å². The molecule has 2 heterocycles. The lowest BCUT2D eigenvalue weighted by atomic mass is 9.80. The molecule has 0 aliphatic carbocycles. The highest BCUT2D eigenvalue weighted by Crippen LogP contribution is 2.42. The third-order valence-electron chi connectivity index (χ3n) is 3.07. The molecule has 0 aromatic rings. The molecule has 0 radical (unpaired) electrons. The predicted molar refractivity (Wildman–Crippen MR) is 41.0 cm³/mol. The van der Waals surface area contributed by atoms with Gasteiger partial charge >= 0.3 is 0 Å². The normalized spacial score (nSPS) is 48.5. The molecule has 2 bridgehead atoms. The third kappa shape index (κ3) is 0.991. The number of hydrogen-bond acceptors (Lipinski definition) is 3. The summed E-state index contributed by atoms with van der Waals surface area (Å²) >= 11 is 0. The van der Waals surface area contributed by atoms with Gasteiger partial charge in [-0.25, -0.2) is 0 Å². The summed E-state index contributed by atoms with van der Waals surface area (Å²) in [6.45, 7) is 0.898. The van der Waals surface area contributed by atoms with Gasteiger partial charge in [-0.3, -0.25) is 0 Å². The molecular weight excluding hydrogens is 142 g/mol. The summed E-state index contributed by atoms with van der Waals surface area (Å²) in [5.41, 5.74) is 5.60. The van der Waals surface area contributed by atoms with Crippen molar-refractivity contribution in [3.63, 3.8) is 0 Å². The van der Waals surface area contributed by atoms with Gasteiger partial charge in [-0.15, -0.1) is 0 Å². The van der Waals surface area contributed by atoms with Gasteiger partial charge in [0, 0.05) is 18.4 Å². The van der Waals surface area contributed by atoms with E-state index in [4.69, 9.17) is 15.6 Å². The molecule has 0 unspecified atom stereocenters. The van der Waals surface area contributed by atoms with Crippen LogP contribution >= 0.6 is 0 Å². The lowest BCUT2D eigenvalue weighted by molar-refractivity contribution is 0.0787. The molecule has 2 aliphatic rings. The summed E-state index contributed by atoms with van der Waals surface area (Å²) in [5, 5.41) is 9.05. The van der Waals surface area contributed by atoms with Crippen LogP contribution in [-0.2, 0) is 4.74 Å². The van der Waals surface area contributed by atoms with Gasteiger partial charge in [0.05, 0.1) is 12.2 Å². The zero-order chi connectivity index (χ0) is 7.84. The Morgan fingerprint density at radius 2 is 1.91 bits per heavy atom. The molecule has 4 atom stereocenters. The van der Waals surface area contributed by atoms with Gasteiger partial charge in [0.25, 0.3) is 0 Å². The molecular formula is C8H15NO2. The van der Waals surface area contributed by atoms with Crippen LogP contribution in [-0.4, -0.2) is 30.5 Å². The highest BCUT2D eigenvalue weighted by atomic mass is 16.5. The predicted octanol–water partition coefficient (Wildman–Crippen LogP) is -0.269. The van der Waals surface area contributed by atoms with E-state index in [1.807, 2.05) is 0 Å². The Labute approximate surface area is 66.5 Å². The minimum absolute atomic E-state index is 0.239. The van der Waals surface area contributed by atoms with E-state index in [0.29, 0.717) is 30.6 Å². The van der Waals surface area contributed by atoms with Crippen LogP contribution in [0.15, 0.2) is 0 Å². The third-order valence-corrected chi connectivity index (χ3v) is 3.07. The molecule has 0 aromatic carbocycles. The van der Waals surface area contributed by atoms with E-state index in [1.54, 1.807) is 0 Å². The fourth-order valence-corrected chi connectivity index (χ4v) is 2.45. The minimum Gasteiger partial charge on any atom is -0.396 e. The van der Waals surface area contributed by atoms with Gasteiger partial charge in [0.1, 0.15) is 0 Å². The Balaban J connectivity index is 2.08. The average Bonchev–Trinajstić information content (AvgIpc) is 2.60. The van der Waals surface area contributed by atoms with Gasteiger partial charge in [0.15, 0.2) is 0 Å². The maximum atomic E-state index is 9.05. The van der Waals surface area contributed by atoms with Crippen LogP contribution in [0.25, 0.3) is 0 Å². The SMILES string of the molecule is NC[C@H]1[C@H](CO)[C@@H]2CC[C@H]1O2. The van der Waals surface area contributed by atoms with Crippen LogP contribution in [0.4, 0.5) is 0 Å². The van der Waals surface area contributed by atoms with Gasteiger partial charge in [-0.2, -0.15) is 0 Å². The van der Waals surface area contributed by atoms with E-state index < -0.39 is 0 Å². The molecule has 3 heteroatoms. The molecule has 11 heavy (non-hydrogen) atoms. The fraction of sp³-hybridized carbons (Fsp3) is 1.00. The summed E-state index contributed by atoms with van der Waals surface area (Å²) in [5.74, 6) is 0.734. The van der Waals surface area contributed by atoms with Crippen LogP contribution in [0.5, 0.6) is 0 Å².